The Morgan fingerprint density at radius 1 is 1.39 bits per heavy atom. The van der Waals surface area contributed by atoms with Crippen molar-refractivity contribution in [2.24, 2.45) is 0 Å². The summed E-state index contributed by atoms with van der Waals surface area (Å²) in [6.45, 7) is 4.91. The third-order valence-corrected chi connectivity index (χ3v) is 3.84. The van der Waals surface area contributed by atoms with E-state index in [0.717, 1.165) is 12.8 Å². The largest absolute Gasteiger partial charge is 0.379 e. The average molecular weight is 318 g/mol. The maximum Gasteiger partial charge on any atom is 0.275 e. The Labute approximate surface area is 135 Å². The Bertz CT molecular complexity index is 612. The molecule has 1 aromatic heterocycles. The van der Waals surface area contributed by atoms with Gasteiger partial charge in [-0.15, -0.1) is 0 Å². The summed E-state index contributed by atoms with van der Waals surface area (Å²) in [4.78, 5) is 12.4. The number of hydrogen-bond acceptors (Lipinski definition) is 3. The SMILES string of the molecule is C=C(F)/C=C\C(=C/C)NC(=O)c1[nH]ncc1NC1CCCCC1. The van der Waals surface area contributed by atoms with Gasteiger partial charge in [0, 0.05) is 11.7 Å². The molecular formula is C17H23FN4O. The second-order valence-corrected chi connectivity index (χ2v) is 5.62. The maximum absolute atomic E-state index is 12.7. The lowest BCUT2D eigenvalue weighted by molar-refractivity contribution is 0.0963. The molecule has 23 heavy (non-hydrogen) atoms. The van der Waals surface area contributed by atoms with Gasteiger partial charge in [0.1, 0.15) is 11.5 Å². The van der Waals surface area contributed by atoms with Crippen molar-refractivity contribution in [3.05, 3.63) is 48.2 Å². The molecule has 0 aromatic carbocycles. The number of rotatable bonds is 6. The van der Waals surface area contributed by atoms with Crippen LogP contribution in [-0.4, -0.2) is 22.1 Å². The highest BCUT2D eigenvalue weighted by molar-refractivity contribution is 5.98. The standard InChI is InChI=1S/C17H23FN4O/c1-3-13(10-9-12(2)18)21-17(23)16-15(11-19-22-16)20-14-7-5-4-6-8-14/h3,9-11,14,20H,2,4-8H2,1H3,(H,19,22)(H,21,23)/b10-9-,13-3+. The summed E-state index contributed by atoms with van der Waals surface area (Å²) in [7, 11) is 0. The van der Waals surface area contributed by atoms with Crippen molar-refractivity contribution in [2.45, 2.75) is 45.1 Å². The van der Waals surface area contributed by atoms with Crippen LogP contribution in [0.4, 0.5) is 10.1 Å². The van der Waals surface area contributed by atoms with Crippen molar-refractivity contribution < 1.29 is 9.18 Å². The van der Waals surface area contributed by atoms with Gasteiger partial charge in [-0.3, -0.25) is 9.89 Å². The first kappa shape index (κ1) is 17.0. The molecule has 1 aliphatic carbocycles. The van der Waals surface area contributed by atoms with E-state index in [9.17, 15) is 9.18 Å². The molecule has 2 rings (SSSR count). The quantitative estimate of drug-likeness (QED) is 0.698. The second kappa shape index (κ2) is 8.31. The molecule has 124 valence electrons. The van der Waals surface area contributed by atoms with Crippen molar-refractivity contribution in [1.82, 2.24) is 15.5 Å². The fourth-order valence-electron chi connectivity index (χ4n) is 2.62. The lowest BCUT2D eigenvalue weighted by Crippen LogP contribution is -2.26. The van der Waals surface area contributed by atoms with Crippen LogP contribution in [0.15, 0.2) is 42.5 Å². The Balaban J connectivity index is 2.02. The number of aromatic amines is 1. The molecule has 0 spiro atoms. The Morgan fingerprint density at radius 2 is 2.13 bits per heavy atom. The Hall–Kier alpha value is -2.37. The molecule has 1 heterocycles. The van der Waals surface area contributed by atoms with Crippen LogP contribution in [0.5, 0.6) is 0 Å². The highest BCUT2D eigenvalue weighted by Gasteiger charge is 2.19. The Morgan fingerprint density at radius 3 is 2.78 bits per heavy atom. The average Bonchev–Trinajstić information content (AvgIpc) is 3.00. The second-order valence-electron chi connectivity index (χ2n) is 5.62. The van der Waals surface area contributed by atoms with Gasteiger partial charge >= 0.3 is 0 Å². The van der Waals surface area contributed by atoms with E-state index in [2.05, 4.69) is 27.4 Å². The summed E-state index contributed by atoms with van der Waals surface area (Å²) < 4.78 is 12.7. The topological polar surface area (TPSA) is 69.8 Å². The van der Waals surface area contributed by atoms with Gasteiger partial charge in [-0.05, 0) is 31.9 Å². The third-order valence-electron chi connectivity index (χ3n) is 3.84. The summed E-state index contributed by atoms with van der Waals surface area (Å²) in [6, 6.07) is 0.379. The van der Waals surface area contributed by atoms with Crippen LogP contribution in [0.2, 0.25) is 0 Å². The van der Waals surface area contributed by atoms with E-state index in [1.54, 1.807) is 19.2 Å². The molecule has 0 unspecified atom stereocenters. The van der Waals surface area contributed by atoms with Crippen molar-refractivity contribution in [2.75, 3.05) is 5.32 Å². The number of hydrogen-bond donors (Lipinski definition) is 3. The van der Waals surface area contributed by atoms with Crippen molar-refractivity contribution in [3.63, 3.8) is 0 Å². The molecule has 5 nitrogen and oxygen atoms in total. The fourth-order valence-corrected chi connectivity index (χ4v) is 2.62. The van der Waals surface area contributed by atoms with Gasteiger partial charge in [-0.1, -0.05) is 31.9 Å². The summed E-state index contributed by atoms with van der Waals surface area (Å²) in [6.07, 6.45) is 11.9. The van der Waals surface area contributed by atoms with E-state index in [1.807, 2.05) is 0 Å². The number of H-pyrrole nitrogens is 1. The van der Waals surface area contributed by atoms with Gasteiger partial charge in [0.15, 0.2) is 0 Å². The summed E-state index contributed by atoms with van der Waals surface area (Å²) in [5, 5.41) is 12.8. The number of amides is 1. The van der Waals surface area contributed by atoms with Gasteiger partial charge in [0.2, 0.25) is 0 Å². The number of nitrogens with one attached hydrogen (secondary N) is 3. The first-order chi connectivity index (χ1) is 11.1. The zero-order valence-electron chi connectivity index (χ0n) is 13.4. The van der Waals surface area contributed by atoms with E-state index in [4.69, 9.17) is 0 Å². The predicted octanol–water partition coefficient (Wildman–Crippen LogP) is 3.83. The predicted molar refractivity (Wildman–Crippen MR) is 89.7 cm³/mol. The number of nitrogens with zero attached hydrogens (tertiary/aromatic N) is 1. The van der Waals surface area contributed by atoms with Crippen molar-refractivity contribution >= 4 is 11.6 Å². The van der Waals surface area contributed by atoms with Gasteiger partial charge in [-0.2, -0.15) is 5.10 Å². The number of carbonyl (C=O) groups is 1. The Kier molecular flexibility index (Phi) is 6.14. The molecule has 3 N–H and O–H groups in total. The lowest BCUT2D eigenvalue weighted by Gasteiger charge is -2.23. The summed E-state index contributed by atoms with van der Waals surface area (Å²) in [5.74, 6) is -0.886. The molecule has 0 radical (unpaired) electrons. The van der Waals surface area contributed by atoms with E-state index >= 15 is 0 Å². The smallest absolute Gasteiger partial charge is 0.275 e. The number of aromatic nitrogens is 2. The van der Waals surface area contributed by atoms with Crippen LogP contribution in [0.3, 0.4) is 0 Å². The first-order valence-electron chi connectivity index (χ1n) is 7.90. The molecule has 0 aliphatic heterocycles. The molecule has 6 heteroatoms. The van der Waals surface area contributed by atoms with Crippen LogP contribution in [-0.2, 0) is 0 Å². The molecule has 0 saturated heterocycles. The molecule has 1 aromatic rings. The van der Waals surface area contributed by atoms with Crippen LogP contribution >= 0.6 is 0 Å². The molecule has 1 saturated carbocycles. The molecule has 1 aliphatic rings. The molecular weight excluding hydrogens is 295 g/mol. The van der Waals surface area contributed by atoms with Gasteiger partial charge in [-0.25, -0.2) is 4.39 Å². The molecule has 1 amide bonds. The zero-order valence-corrected chi connectivity index (χ0v) is 13.4. The van der Waals surface area contributed by atoms with Crippen molar-refractivity contribution in [3.8, 4) is 0 Å². The normalized spacial score (nSPS) is 16.5. The summed E-state index contributed by atoms with van der Waals surface area (Å²) in [5.41, 5.74) is 1.57. The van der Waals surface area contributed by atoms with Gasteiger partial charge in [0.05, 0.1) is 11.9 Å². The van der Waals surface area contributed by atoms with Gasteiger partial charge < -0.3 is 10.6 Å². The molecule has 0 bridgehead atoms. The number of allylic oxidation sites excluding steroid dienone is 4. The fraction of sp³-hybridized carbons (Fsp3) is 0.412. The van der Waals surface area contributed by atoms with Crippen LogP contribution < -0.4 is 10.6 Å². The highest BCUT2D eigenvalue weighted by atomic mass is 19.1. The number of carbonyl (C=O) groups excluding carboxylic acids is 1. The number of anilines is 1. The molecule has 0 atom stereocenters. The zero-order chi connectivity index (χ0) is 16.7. The summed E-state index contributed by atoms with van der Waals surface area (Å²) >= 11 is 0. The minimum absolute atomic E-state index is 0.317. The van der Waals surface area contributed by atoms with E-state index < -0.39 is 5.83 Å². The molecule has 1 fully saturated rings. The number of halogens is 1. The monoisotopic (exact) mass is 318 g/mol. The van der Waals surface area contributed by atoms with E-state index in [1.165, 1.54) is 31.4 Å². The highest BCUT2D eigenvalue weighted by Crippen LogP contribution is 2.22. The van der Waals surface area contributed by atoms with Crippen LogP contribution in [0.25, 0.3) is 0 Å². The van der Waals surface area contributed by atoms with Crippen molar-refractivity contribution in [1.29, 1.82) is 0 Å². The maximum atomic E-state index is 12.7. The minimum atomic E-state index is -0.570. The lowest BCUT2D eigenvalue weighted by atomic mass is 9.95. The van der Waals surface area contributed by atoms with E-state index in [-0.39, 0.29) is 5.91 Å². The van der Waals surface area contributed by atoms with Gasteiger partial charge in [0.25, 0.3) is 5.91 Å². The minimum Gasteiger partial charge on any atom is -0.379 e. The van der Waals surface area contributed by atoms with E-state index in [0.29, 0.717) is 23.1 Å². The van der Waals surface area contributed by atoms with Crippen LogP contribution in [0, 0.1) is 0 Å². The first-order valence-corrected chi connectivity index (χ1v) is 7.90. The van der Waals surface area contributed by atoms with Crippen LogP contribution in [0.1, 0.15) is 49.5 Å². The third kappa shape index (κ3) is 5.09.